The third-order valence-electron chi connectivity index (χ3n) is 7.41. The fourth-order valence-corrected chi connectivity index (χ4v) is 4.82. The topological polar surface area (TPSA) is 105 Å². The summed E-state index contributed by atoms with van der Waals surface area (Å²) in [6.07, 6.45) is 15.8. The van der Waals surface area contributed by atoms with E-state index in [1.54, 1.807) is 36.4 Å². The van der Waals surface area contributed by atoms with Crippen LogP contribution >= 0.6 is 0 Å². The van der Waals surface area contributed by atoms with Gasteiger partial charge in [0.1, 0.15) is 23.0 Å². The smallest absolute Gasteiger partial charge is 0.311 e. The van der Waals surface area contributed by atoms with Crippen LogP contribution in [0.25, 0.3) is 0 Å². The van der Waals surface area contributed by atoms with Crippen molar-refractivity contribution >= 4 is 23.9 Å². The lowest BCUT2D eigenvalue weighted by atomic mass is 10.1. The number of ether oxygens (including phenoxy) is 4. The highest BCUT2D eigenvalue weighted by molar-refractivity contribution is 5.75. The van der Waals surface area contributed by atoms with Gasteiger partial charge in [0.15, 0.2) is 0 Å². The van der Waals surface area contributed by atoms with Crippen LogP contribution in [0.5, 0.6) is 23.0 Å². The fourth-order valence-electron chi connectivity index (χ4n) is 4.82. The molecular weight excluding hydrogens is 608 g/mol. The molecule has 0 atom stereocenters. The standard InChI is InChI=1S/C21H32O4.C19H28O4/c1-4-6-8-10-12-20(22)24-18-14-17(3)15-19(16-18)25-21(23)13-11-9-7-5-2;1-4-6-8-10-18(20)22-16-12-15(3)13-17(14-16)23-19(21)11-9-7-5-2/h14-16H,4-13H2,1-3H3;12-14H,4-11H2,1-3H3. The van der Waals surface area contributed by atoms with Crippen molar-refractivity contribution in [3.8, 4) is 23.0 Å². The number of aryl methyl sites for hydroxylation is 2. The van der Waals surface area contributed by atoms with Gasteiger partial charge >= 0.3 is 23.9 Å². The summed E-state index contributed by atoms with van der Waals surface area (Å²) in [5.41, 5.74) is 1.78. The molecule has 268 valence electrons. The Hall–Kier alpha value is -3.68. The van der Waals surface area contributed by atoms with Gasteiger partial charge in [-0.25, -0.2) is 0 Å². The van der Waals surface area contributed by atoms with Crippen molar-refractivity contribution < 1.29 is 38.1 Å². The normalized spacial score (nSPS) is 10.5. The van der Waals surface area contributed by atoms with Gasteiger partial charge in [0.25, 0.3) is 0 Å². The Morgan fingerprint density at radius 2 is 0.604 bits per heavy atom. The second kappa shape index (κ2) is 26.3. The minimum absolute atomic E-state index is 0.237. The Balaban J connectivity index is 0.000000482. The predicted octanol–water partition coefficient (Wildman–Crippen LogP) is 10.7. The zero-order chi connectivity index (χ0) is 35.6. The monoisotopic (exact) mass is 668 g/mol. The van der Waals surface area contributed by atoms with Crippen LogP contribution in [-0.2, 0) is 19.2 Å². The molecule has 48 heavy (non-hydrogen) atoms. The first-order valence-corrected chi connectivity index (χ1v) is 18.2. The molecule has 0 fully saturated rings. The van der Waals surface area contributed by atoms with E-state index in [-0.39, 0.29) is 23.9 Å². The highest BCUT2D eigenvalue weighted by atomic mass is 16.6. The molecule has 0 N–H and O–H groups in total. The van der Waals surface area contributed by atoms with Gasteiger partial charge in [0.2, 0.25) is 0 Å². The minimum atomic E-state index is -0.246. The lowest BCUT2D eigenvalue weighted by Crippen LogP contribution is -2.10. The summed E-state index contributed by atoms with van der Waals surface area (Å²) >= 11 is 0. The number of hydrogen-bond donors (Lipinski definition) is 0. The van der Waals surface area contributed by atoms with Gasteiger partial charge in [-0.1, -0.05) is 91.9 Å². The van der Waals surface area contributed by atoms with Gasteiger partial charge in [0, 0.05) is 37.8 Å². The van der Waals surface area contributed by atoms with E-state index in [1.807, 2.05) is 13.8 Å². The van der Waals surface area contributed by atoms with Crippen molar-refractivity contribution in [1.82, 2.24) is 0 Å². The zero-order valence-electron chi connectivity index (χ0n) is 30.5. The van der Waals surface area contributed by atoms with E-state index in [2.05, 4.69) is 27.7 Å². The first-order chi connectivity index (χ1) is 23.1. The Labute approximate surface area is 289 Å². The Morgan fingerprint density at radius 1 is 0.375 bits per heavy atom. The molecule has 0 aliphatic carbocycles. The summed E-state index contributed by atoms with van der Waals surface area (Å²) in [4.78, 5) is 47.3. The Kier molecular flexibility index (Phi) is 23.2. The van der Waals surface area contributed by atoms with Crippen LogP contribution in [0.1, 0.15) is 154 Å². The van der Waals surface area contributed by atoms with Crippen molar-refractivity contribution in [3.63, 3.8) is 0 Å². The first kappa shape index (κ1) is 42.3. The van der Waals surface area contributed by atoms with Gasteiger partial charge in [-0.3, -0.25) is 19.2 Å². The van der Waals surface area contributed by atoms with E-state index < -0.39 is 0 Å². The highest BCUT2D eigenvalue weighted by Crippen LogP contribution is 2.25. The molecule has 0 amide bonds. The van der Waals surface area contributed by atoms with Crippen molar-refractivity contribution in [2.45, 2.75) is 157 Å². The second-order valence-corrected chi connectivity index (χ2v) is 12.4. The summed E-state index contributed by atoms with van der Waals surface area (Å²) in [5.74, 6) is 0.778. The molecule has 8 nitrogen and oxygen atoms in total. The van der Waals surface area contributed by atoms with E-state index in [0.717, 1.165) is 101 Å². The molecule has 8 heteroatoms. The molecule has 0 aromatic heterocycles. The second-order valence-electron chi connectivity index (χ2n) is 12.4. The molecule has 0 heterocycles. The SMILES string of the molecule is CCCCCC(=O)Oc1cc(C)cc(OC(=O)CCCCC)c1.CCCCCCC(=O)Oc1cc(C)cc(OC(=O)CCCCCC)c1. The maximum atomic E-state index is 11.9. The fraction of sp³-hybridized carbons (Fsp3) is 0.600. The van der Waals surface area contributed by atoms with Crippen LogP contribution in [-0.4, -0.2) is 23.9 Å². The molecule has 0 spiro atoms. The van der Waals surface area contributed by atoms with Crippen molar-refractivity contribution in [2.75, 3.05) is 0 Å². The summed E-state index contributed by atoms with van der Waals surface area (Å²) < 4.78 is 21.4. The van der Waals surface area contributed by atoms with E-state index in [0.29, 0.717) is 48.7 Å². The molecule has 0 saturated carbocycles. The third-order valence-corrected chi connectivity index (χ3v) is 7.41. The number of benzene rings is 2. The molecule has 0 aliphatic heterocycles. The summed E-state index contributed by atoms with van der Waals surface area (Å²) in [6, 6.07) is 10.3. The van der Waals surface area contributed by atoms with Gasteiger partial charge in [0.05, 0.1) is 0 Å². The Bertz CT molecular complexity index is 1150. The zero-order valence-corrected chi connectivity index (χ0v) is 30.5. The maximum Gasteiger partial charge on any atom is 0.311 e. The van der Waals surface area contributed by atoms with Crippen LogP contribution in [0.15, 0.2) is 36.4 Å². The molecular formula is C40H60O8. The van der Waals surface area contributed by atoms with Gasteiger partial charge in [-0.2, -0.15) is 0 Å². The lowest BCUT2D eigenvalue weighted by molar-refractivity contribution is -0.135. The molecule has 2 aromatic carbocycles. The van der Waals surface area contributed by atoms with Crippen molar-refractivity contribution in [1.29, 1.82) is 0 Å². The van der Waals surface area contributed by atoms with Crippen LogP contribution < -0.4 is 18.9 Å². The van der Waals surface area contributed by atoms with Crippen LogP contribution in [0.3, 0.4) is 0 Å². The molecule has 0 aliphatic rings. The number of unbranched alkanes of at least 4 members (excludes halogenated alkanes) is 10. The summed E-state index contributed by atoms with van der Waals surface area (Å²) in [6.45, 7) is 12.2. The van der Waals surface area contributed by atoms with Gasteiger partial charge < -0.3 is 18.9 Å². The van der Waals surface area contributed by atoms with E-state index in [4.69, 9.17) is 18.9 Å². The van der Waals surface area contributed by atoms with E-state index in [1.165, 1.54) is 0 Å². The highest BCUT2D eigenvalue weighted by Gasteiger charge is 2.11. The third kappa shape index (κ3) is 21.2. The Morgan fingerprint density at radius 3 is 0.854 bits per heavy atom. The van der Waals surface area contributed by atoms with Gasteiger partial charge in [-0.05, 0) is 74.9 Å². The number of carbonyl (C=O) groups is 4. The number of esters is 4. The lowest BCUT2D eigenvalue weighted by Gasteiger charge is -2.09. The first-order valence-electron chi connectivity index (χ1n) is 18.2. The molecule has 0 saturated heterocycles. The summed E-state index contributed by atoms with van der Waals surface area (Å²) in [5, 5.41) is 0. The quantitative estimate of drug-likeness (QED) is 0.0693. The van der Waals surface area contributed by atoms with Crippen molar-refractivity contribution in [3.05, 3.63) is 47.5 Å². The van der Waals surface area contributed by atoms with Crippen molar-refractivity contribution in [2.24, 2.45) is 0 Å². The number of rotatable bonds is 22. The van der Waals surface area contributed by atoms with E-state index in [9.17, 15) is 19.2 Å². The maximum absolute atomic E-state index is 11.9. The minimum Gasteiger partial charge on any atom is -0.426 e. The van der Waals surface area contributed by atoms with Crippen LogP contribution in [0, 0.1) is 13.8 Å². The molecule has 0 unspecified atom stereocenters. The number of carbonyl (C=O) groups excluding carboxylic acids is 4. The average Bonchev–Trinajstić information content (AvgIpc) is 3.01. The molecule has 0 bridgehead atoms. The van der Waals surface area contributed by atoms with Crippen LogP contribution in [0.2, 0.25) is 0 Å². The summed E-state index contributed by atoms with van der Waals surface area (Å²) in [7, 11) is 0. The van der Waals surface area contributed by atoms with Crippen LogP contribution in [0.4, 0.5) is 0 Å². The molecule has 0 radical (unpaired) electrons. The van der Waals surface area contributed by atoms with E-state index >= 15 is 0 Å². The predicted molar refractivity (Wildman–Crippen MR) is 191 cm³/mol. The number of hydrogen-bond acceptors (Lipinski definition) is 8. The van der Waals surface area contributed by atoms with Gasteiger partial charge in [-0.15, -0.1) is 0 Å². The molecule has 2 rings (SSSR count). The average molecular weight is 669 g/mol. The molecule has 2 aromatic rings. The largest absolute Gasteiger partial charge is 0.426 e.